The minimum atomic E-state index is -4.57. The van der Waals surface area contributed by atoms with Crippen molar-refractivity contribution >= 4 is 40.0 Å². The molecule has 4 aromatic rings. The number of carbonyl (C=O) groups is 1. The van der Waals surface area contributed by atoms with Gasteiger partial charge in [0.15, 0.2) is 5.01 Å². The van der Waals surface area contributed by atoms with Crippen molar-refractivity contribution < 1.29 is 18.0 Å². The van der Waals surface area contributed by atoms with E-state index in [9.17, 15) is 18.0 Å². The van der Waals surface area contributed by atoms with E-state index < -0.39 is 18.6 Å². The fourth-order valence-electron chi connectivity index (χ4n) is 2.86. The summed E-state index contributed by atoms with van der Waals surface area (Å²) < 4.78 is 41.1. The molecule has 0 N–H and O–H groups in total. The van der Waals surface area contributed by atoms with Crippen LogP contribution >= 0.6 is 22.9 Å². The number of carbonyl (C=O) groups excluding carboxylic acids is 1. The lowest BCUT2D eigenvalue weighted by Crippen LogP contribution is -2.39. The lowest BCUT2D eigenvalue weighted by Gasteiger charge is -2.23. The average Bonchev–Trinajstić information content (AvgIpc) is 3.29. The number of rotatable bonds is 4. The molecule has 1 amide bonds. The number of aromatic nitrogens is 3. The summed E-state index contributed by atoms with van der Waals surface area (Å²) in [6.45, 7) is -1.43. The number of hydrogen-bond donors (Lipinski definition) is 0. The van der Waals surface area contributed by atoms with Gasteiger partial charge in [-0.15, -0.1) is 0 Å². The molecule has 3 heterocycles. The fourth-order valence-corrected chi connectivity index (χ4v) is 3.98. The van der Waals surface area contributed by atoms with Gasteiger partial charge in [0.1, 0.15) is 16.6 Å². The van der Waals surface area contributed by atoms with E-state index in [1.165, 1.54) is 12.1 Å². The zero-order chi connectivity index (χ0) is 20.6. The maximum atomic E-state index is 13.1. The van der Waals surface area contributed by atoms with E-state index in [0.717, 1.165) is 11.3 Å². The molecule has 0 aliphatic carbocycles. The fraction of sp³-hybridized carbons (Fsp3) is 0.105. The summed E-state index contributed by atoms with van der Waals surface area (Å²) in [5, 5.41) is 4.07. The Morgan fingerprint density at radius 2 is 1.86 bits per heavy atom. The van der Waals surface area contributed by atoms with Crippen LogP contribution in [0.4, 0.5) is 18.9 Å². The number of nitrogens with zero attached hydrogens (tertiary/aromatic N) is 4. The molecule has 5 nitrogen and oxygen atoms in total. The molecule has 1 aromatic carbocycles. The van der Waals surface area contributed by atoms with Gasteiger partial charge in [-0.05, 0) is 24.3 Å². The number of benzene rings is 1. The van der Waals surface area contributed by atoms with Crippen LogP contribution in [0.25, 0.3) is 16.8 Å². The van der Waals surface area contributed by atoms with Gasteiger partial charge in [-0.1, -0.05) is 47.2 Å². The van der Waals surface area contributed by atoms with Crippen LogP contribution in [0.2, 0.25) is 4.34 Å². The first-order valence-corrected chi connectivity index (χ1v) is 9.56. The quantitative estimate of drug-likeness (QED) is 0.435. The van der Waals surface area contributed by atoms with Crippen molar-refractivity contribution in [1.29, 1.82) is 0 Å². The molecule has 148 valence electrons. The van der Waals surface area contributed by atoms with Crippen molar-refractivity contribution in [2.24, 2.45) is 0 Å². The predicted octanol–water partition coefficient (Wildman–Crippen LogP) is 5.32. The smallest absolute Gasteiger partial charge is 0.297 e. The van der Waals surface area contributed by atoms with Crippen LogP contribution in [0.1, 0.15) is 9.80 Å². The Hall–Kier alpha value is -2.91. The second-order valence-corrected chi connectivity index (χ2v) is 7.67. The largest absolute Gasteiger partial charge is 0.406 e. The number of para-hydroxylation sites is 1. The average molecular weight is 437 g/mol. The van der Waals surface area contributed by atoms with Crippen molar-refractivity contribution in [3.05, 3.63) is 70.3 Å². The third-order valence-electron chi connectivity index (χ3n) is 4.10. The van der Waals surface area contributed by atoms with Crippen molar-refractivity contribution in [2.45, 2.75) is 6.18 Å². The number of fused-ring (bicyclic) bond motifs is 1. The highest BCUT2D eigenvalue weighted by Crippen LogP contribution is 2.36. The van der Waals surface area contributed by atoms with E-state index in [2.05, 4.69) is 10.1 Å². The van der Waals surface area contributed by atoms with Gasteiger partial charge in [0, 0.05) is 17.4 Å². The topological polar surface area (TPSA) is 50.5 Å². The van der Waals surface area contributed by atoms with Crippen molar-refractivity contribution in [3.63, 3.8) is 0 Å². The molecule has 0 spiro atoms. The highest BCUT2D eigenvalue weighted by Gasteiger charge is 2.35. The second kappa shape index (κ2) is 7.49. The van der Waals surface area contributed by atoms with E-state index in [4.69, 9.17) is 11.6 Å². The first kappa shape index (κ1) is 19.4. The minimum Gasteiger partial charge on any atom is -0.297 e. The van der Waals surface area contributed by atoms with E-state index >= 15 is 0 Å². The summed E-state index contributed by atoms with van der Waals surface area (Å²) in [4.78, 5) is 17.8. The van der Waals surface area contributed by atoms with Gasteiger partial charge in [0.05, 0.1) is 11.7 Å². The Morgan fingerprint density at radius 3 is 2.59 bits per heavy atom. The molecular formula is C19H12ClF3N4OS. The van der Waals surface area contributed by atoms with Crippen molar-refractivity contribution in [2.75, 3.05) is 11.4 Å². The standard InChI is InChI=1S/C19H12ClF3N4OS/c20-16-15(13-10-24-27-9-5-4-8-14(13)27)25-17(29-16)18(28)26(11-19(21,22)23)12-6-2-1-3-7-12/h1-10H,11H2. The highest BCUT2D eigenvalue weighted by atomic mass is 35.5. The Kier molecular flexibility index (Phi) is 5.01. The first-order chi connectivity index (χ1) is 13.8. The molecule has 0 bridgehead atoms. The monoisotopic (exact) mass is 436 g/mol. The van der Waals surface area contributed by atoms with Gasteiger partial charge < -0.3 is 0 Å². The van der Waals surface area contributed by atoms with Crippen LogP contribution in [0.5, 0.6) is 0 Å². The third-order valence-corrected chi connectivity index (χ3v) is 5.34. The Labute approximate surface area is 172 Å². The number of alkyl halides is 3. The Bertz CT molecular complexity index is 1170. The van der Waals surface area contributed by atoms with Crippen LogP contribution in [0, 0.1) is 0 Å². The molecule has 10 heteroatoms. The maximum Gasteiger partial charge on any atom is 0.406 e. The molecule has 3 aromatic heterocycles. The number of anilines is 1. The molecule has 0 atom stereocenters. The van der Waals surface area contributed by atoms with Crippen LogP contribution < -0.4 is 4.90 Å². The normalized spacial score (nSPS) is 11.7. The molecule has 0 saturated heterocycles. The summed E-state index contributed by atoms with van der Waals surface area (Å²) in [6, 6.07) is 13.1. The van der Waals surface area contributed by atoms with Gasteiger partial charge in [-0.2, -0.15) is 18.3 Å². The predicted molar refractivity (Wildman–Crippen MR) is 105 cm³/mol. The molecule has 0 aliphatic rings. The summed E-state index contributed by atoms with van der Waals surface area (Å²) in [7, 11) is 0. The number of thiazole rings is 1. The van der Waals surface area contributed by atoms with E-state index in [-0.39, 0.29) is 15.0 Å². The SMILES string of the molecule is O=C(c1nc(-c2cnn3ccccc23)c(Cl)s1)N(CC(F)(F)F)c1ccccc1. The molecule has 0 fully saturated rings. The summed E-state index contributed by atoms with van der Waals surface area (Å²) in [5.41, 5.74) is 1.74. The van der Waals surface area contributed by atoms with Crippen LogP contribution in [0.3, 0.4) is 0 Å². The Morgan fingerprint density at radius 1 is 1.14 bits per heavy atom. The molecular weight excluding hydrogens is 425 g/mol. The third kappa shape index (κ3) is 3.96. The summed E-state index contributed by atoms with van der Waals surface area (Å²) in [5.74, 6) is -0.872. The van der Waals surface area contributed by atoms with Gasteiger partial charge in [0.2, 0.25) is 0 Å². The van der Waals surface area contributed by atoms with Gasteiger partial charge in [-0.25, -0.2) is 9.50 Å². The molecule has 0 unspecified atom stereocenters. The summed E-state index contributed by atoms with van der Waals surface area (Å²) >= 11 is 7.13. The molecule has 0 saturated carbocycles. The minimum absolute atomic E-state index is 0.124. The summed E-state index contributed by atoms with van der Waals surface area (Å²) in [6.07, 6.45) is -1.28. The first-order valence-electron chi connectivity index (χ1n) is 8.36. The van der Waals surface area contributed by atoms with E-state index in [0.29, 0.717) is 21.7 Å². The lowest BCUT2D eigenvalue weighted by molar-refractivity contribution is -0.118. The number of hydrogen-bond acceptors (Lipinski definition) is 4. The highest BCUT2D eigenvalue weighted by molar-refractivity contribution is 7.18. The maximum absolute atomic E-state index is 13.1. The second-order valence-electron chi connectivity index (χ2n) is 6.07. The van der Waals surface area contributed by atoms with E-state index in [1.807, 2.05) is 6.07 Å². The van der Waals surface area contributed by atoms with Gasteiger partial charge >= 0.3 is 6.18 Å². The Balaban J connectivity index is 1.74. The van der Waals surface area contributed by atoms with Crippen LogP contribution in [-0.4, -0.2) is 33.2 Å². The van der Waals surface area contributed by atoms with E-state index in [1.54, 1.807) is 47.2 Å². The molecule has 0 aliphatic heterocycles. The van der Waals surface area contributed by atoms with Gasteiger partial charge in [0.25, 0.3) is 5.91 Å². The van der Waals surface area contributed by atoms with Gasteiger partial charge in [-0.3, -0.25) is 9.69 Å². The number of pyridine rings is 1. The van der Waals surface area contributed by atoms with Crippen LogP contribution in [0.15, 0.2) is 60.9 Å². The lowest BCUT2D eigenvalue weighted by atomic mass is 10.2. The van der Waals surface area contributed by atoms with Crippen LogP contribution in [-0.2, 0) is 0 Å². The number of amides is 1. The van der Waals surface area contributed by atoms with Crippen molar-refractivity contribution in [3.8, 4) is 11.3 Å². The van der Waals surface area contributed by atoms with Crippen molar-refractivity contribution in [1.82, 2.24) is 14.6 Å². The molecule has 4 rings (SSSR count). The zero-order valence-corrected chi connectivity index (χ0v) is 16.2. The molecule has 0 radical (unpaired) electrons. The zero-order valence-electron chi connectivity index (χ0n) is 14.6. The number of halogens is 4. The molecule has 29 heavy (non-hydrogen) atoms.